The van der Waals surface area contributed by atoms with Crippen LogP contribution in [0.2, 0.25) is 0 Å². The summed E-state index contributed by atoms with van der Waals surface area (Å²) in [7, 11) is 0. The molecule has 0 bridgehead atoms. The fourth-order valence-electron chi connectivity index (χ4n) is 1.56. The molecule has 0 aliphatic carbocycles. The molecule has 0 radical (unpaired) electrons. The van der Waals surface area contributed by atoms with E-state index < -0.39 is 0 Å². The molecule has 1 amide bonds. The van der Waals surface area contributed by atoms with Crippen molar-refractivity contribution in [2.24, 2.45) is 0 Å². The molecule has 0 aliphatic heterocycles. The summed E-state index contributed by atoms with van der Waals surface area (Å²) >= 11 is 0. The molecule has 1 aromatic heterocycles. The molecule has 5 heteroatoms. The normalized spacial score (nSPS) is 9.63. The minimum absolute atomic E-state index is 0.0624. The first kappa shape index (κ1) is 15.2. The Hall–Kier alpha value is -1.90. The van der Waals surface area contributed by atoms with Crippen LogP contribution in [0.15, 0.2) is 18.3 Å². The molecule has 0 saturated heterocycles. The molecule has 19 heavy (non-hydrogen) atoms. The van der Waals surface area contributed by atoms with Crippen molar-refractivity contribution in [2.75, 3.05) is 26.3 Å². The average Bonchev–Trinajstić information content (AvgIpc) is 2.46. The fourth-order valence-corrected chi connectivity index (χ4v) is 1.56. The average molecular weight is 262 g/mol. The van der Waals surface area contributed by atoms with Crippen molar-refractivity contribution in [2.45, 2.75) is 13.3 Å². The third kappa shape index (κ3) is 4.70. The summed E-state index contributed by atoms with van der Waals surface area (Å²) in [5.41, 5.74) is 1.01. The van der Waals surface area contributed by atoms with E-state index >= 15 is 0 Å². The summed E-state index contributed by atoms with van der Waals surface area (Å²) < 4.78 is 0. The maximum absolute atomic E-state index is 12.1. The van der Waals surface area contributed by atoms with E-state index in [4.69, 9.17) is 10.2 Å². The van der Waals surface area contributed by atoms with Crippen LogP contribution < -0.4 is 0 Å². The Bertz CT molecular complexity index is 460. The summed E-state index contributed by atoms with van der Waals surface area (Å²) in [6.45, 7) is 2.83. The van der Waals surface area contributed by atoms with Gasteiger partial charge in [0, 0.05) is 31.5 Å². The van der Waals surface area contributed by atoms with Crippen molar-refractivity contribution in [3.63, 3.8) is 0 Å². The van der Waals surface area contributed by atoms with Crippen molar-refractivity contribution >= 4 is 5.91 Å². The maximum atomic E-state index is 12.1. The zero-order valence-electron chi connectivity index (χ0n) is 11.0. The van der Waals surface area contributed by atoms with Crippen LogP contribution >= 0.6 is 0 Å². The van der Waals surface area contributed by atoms with Gasteiger partial charge in [-0.1, -0.05) is 11.8 Å². The molecule has 0 fully saturated rings. The summed E-state index contributed by atoms with van der Waals surface area (Å²) in [6, 6.07) is 3.31. The minimum atomic E-state index is -0.203. The topological polar surface area (TPSA) is 73.7 Å². The Morgan fingerprint density at radius 3 is 2.74 bits per heavy atom. The van der Waals surface area contributed by atoms with E-state index in [9.17, 15) is 4.79 Å². The monoisotopic (exact) mass is 262 g/mol. The Morgan fingerprint density at radius 2 is 2.21 bits per heavy atom. The third-order valence-corrected chi connectivity index (χ3v) is 2.55. The van der Waals surface area contributed by atoms with Crippen molar-refractivity contribution in [3.8, 4) is 11.8 Å². The molecule has 1 heterocycles. The van der Waals surface area contributed by atoms with Gasteiger partial charge >= 0.3 is 0 Å². The van der Waals surface area contributed by atoms with Gasteiger partial charge in [0.1, 0.15) is 12.3 Å². The number of carbonyl (C=O) groups is 1. The number of hydrogen-bond donors (Lipinski definition) is 2. The largest absolute Gasteiger partial charge is 0.396 e. The molecule has 0 aliphatic rings. The van der Waals surface area contributed by atoms with Crippen molar-refractivity contribution in [3.05, 3.63) is 29.6 Å². The Labute approximate surface area is 112 Å². The number of aliphatic hydroxyl groups excluding tert-OH is 2. The van der Waals surface area contributed by atoms with Gasteiger partial charge < -0.3 is 15.1 Å². The van der Waals surface area contributed by atoms with Gasteiger partial charge in [-0.2, -0.15) is 0 Å². The molecule has 2 N–H and O–H groups in total. The second kappa shape index (κ2) is 8.25. The van der Waals surface area contributed by atoms with Gasteiger partial charge in [-0.3, -0.25) is 4.79 Å². The van der Waals surface area contributed by atoms with Crippen LogP contribution in [0.3, 0.4) is 0 Å². The highest BCUT2D eigenvalue weighted by molar-refractivity contribution is 5.92. The molecule has 5 nitrogen and oxygen atoms in total. The lowest BCUT2D eigenvalue weighted by Gasteiger charge is -2.19. The van der Waals surface area contributed by atoms with E-state index in [-0.39, 0.29) is 19.1 Å². The number of nitrogens with zero attached hydrogens (tertiary/aromatic N) is 2. The Balaban J connectivity index is 2.75. The van der Waals surface area contributed by atoms with Gasteiger partial charge in [0.05, 0.1) is 0 Å². The first-order chi connectivity index (χ1) is 9.22. The van der Waals surface area contributed by atoms with Gasteiger partial charge in [-0.05, 0) is 25.5 Å². The van der Waals surface area contributed by atoms with Gasteiger partial charge in [-0.25, -0.2) is 4.98 Å². The van der Waals surface area contributed by atoms with Crippen LogP contribution in [-0.2, 0) is 0 Å². The molecule has 1 rings (SSSR count). The van der Waals surface area contributed by atoms with Crippen LogP contribution in [0.4, 0.5) is 0 Å². The molecular formula is C14H18N2O3. The van der Waals surface area contributed by atoms with Gasteiger partial charge in [0.15, 0.2) is 0 Å². The predicted molar refractivity (Wildman–Crippen MR) is 71.5 cm³/mol. The number of aliphatic hydroxyl groups is 2. The summed E-state index contributed by atoms with van der Waals surface area (Å²) in [4.78, 5) is 17.8. The lowest BCUT2D eigenvalue weighted by atomic mass is 10.2. The van der Waals surface area contributed by atoms with Gasteiger partial charge in [-0.15, -0.1) is 0 Å². The first-order valence-electron chi connectivity index (χ1n) is 6.18. The van der Waals surface area contributed by atoms with E-state index in [0.29, 0.717) is 30.8 Å². The van der Waals surface area contributed by atoms with E-state index in [0.717, 1.165) is 0 Å². The standard InChI is InChI=1S/C14H18N2O3/c1-2-16(8-4-10-18)14(19)13-7-6-12(11-15-13)5-3-9-17/h6-7,11,17-18H,2,4,8-10H2,1H3. The highest BCUT2D eigenvalue weighted by Gasteiger charge is 2.14. The second-order valence-electron chi connectivity index (χ2n) is 3.85. The van der Waals surface area contributed by atoms with E-state index in [1.54, 1.807) is 17.0 Å². The minimum Gasteiger partial charge on any atom is -0.396 e. The number of pyridine rings is 1. The van der Waals surface area contributed by atoms with E-state index in [1.165, 1.54) is 6.20 Å². The summed E-state index contributed by atoms with van der Waals surface area (Å²) in [5.74, 6) is 5.08. The van der Waals surface area contributed by atoms with Crippen LogP contribution in [0.25, 0.3) is 0 Å². The summed E-state index contributed by atoms with van der Waals surface area (Å²) in [5, 5.41) is 17.4. The van der Waals surface area contributed by atoms with Gasteiger partial charge in [0.2, 0.25) is 0 Å². The lowest BCUT2D eigenvalue weighted by Crippen LogP contribution is -2.32. The van der Waals surface area contributed by atoms with Crippen LogP contribution in [0.1, 0.15) is 29.4 Å². The SMILES string of the molecule is CCN(CCCO)C(=O)c1ccc(C#CCO)cn1. The zero-order chi connectivity index (χ0) is 14.1. The van der Waals surface area contributed by atoms with Crippen molar-refractivity contribution in [1.82, 2.24) is 9.88 Å². The van der Waals surface area contributed by atoms with Crippen molar-refractivity contribution < 1.29 is 15.0 Å². The van der Waals surface area contributed by atoms with Gasteiger partial charge in [0.25, 0.3) is 5.91 Å². The second-order valence-corrected chi connectivity index (χ2v) is 3.85. The number of amides is 1. The predicted octanol–water partition coefficient (Wildman–Crippen LogP) is 0.270. The quantitative estimate of drug-likeness (QED) is 0.747. The maximum Gasteiger partial charge on any atom is 0.272 e. The number of carbonyl (C=O) groups excluding carboxylic acids is 1. The zero-order valence-corrected chi connectivity index (χ0v) is 11.0. The third-order valence-electron chi connectivity index (χ3n) is 2.55. The summed E-state index contributed by atoms with van der Waals surface area (Å²) in [6.07, 6.45) is 2.06. The van der Waals surface area contributed by atoms with Crippen molar-refractivity contribution in [1.29, 1.82) is 0 Å². The van der Waals surface area contributed by atoms with Crippen LogP contribution in [-0.4, -0.2) is 52.3 Å². The van der Waals surface area contributed by atoms with E-state index in [1.807, 2.05) is 6.92 Å². The molecular weight excluding hydrogens is 244 g/mol. The molecule has 0 atom stereocenters. The van der Waals surface area contributed by atoms with E-state index in [2.05, 4.69) is 16.8 Å². The number of aromatic nitrogens is 1. The number of hydrogen-bond acceptors (Lipinski definition) is 4. The molecule has 0 unspecified atom stereocenters. The Kier molecular flexibility index (Phi) is 6.58. The molecule has 1 aromatic rings. The molecule has 102 valence electrons. The fraction of sp³-hybridized carbons (Fsp3) is 0.429. The highest BCUT2D eigenvalue weighted by atomic mass is 16.3. The number of rotatable bonds is 5. The Morgan fingerprint density at radius 1 is 1.42 bits per heavy atom. The van der Waals surface area contributed by atoms with Crippen LogP contribution in [0.5, 0.6) is 0 Å². The molecule has 0 aromatic carbocycles. The highest BCUT2D eigenvalue weighted by Crippen LogP contribution is 2.04. The molecule has 0 spiro atoms. The molecule has 0 saturated carbocycles. The first-order valence-corrected chi connectivity index (χ1v) is 6.18. The smallest absolute Gasteiger partial charge is 0.272 e. The lowest BCUT2D eigenvalue weighted by molar-refractivity contribution is 0.0748. The van der Waals surface area contributed by atoms with Crippen LogP contribution in [0, 0.1) is 11.8 Å².